The molecule has 4 rings (SSSR count). The second kappa shape index (κ2) is 9.59. The molecular formula is C28H40F3NO2. The molecule has 6 heteroatoms. The quantitative estimate of drug-likeness (QED) is 0.442. The highest BCUT2D eigenvalue weighted by Gasteiger charge is 2.56. The zero-order valence-corrected chi connectivity index (χ0v) is 20.5. The number of alkyl halides is 3. The maximum atomic E-state index is 12.9. The average Bonchev–Trinajstić information content (AvgIpc) is 3.10. The molecule has 0 aliphatic heterocycles. The summed E-state index contributed by atoms with van der Waals surface area (Å²) in [5.74, 6) is 1.44. The lowest BCUT2D eigenvalue weighted by molar-refractivity contribution is -0.137. The Kier molecular flexibility index (Phi) is 7.25. The largest absolute Gasteiger partial charge is 0.416 e. The standard InChI is InChI=1S/C28H40F3NO2/c1-18-4-9-24-23(16-32-15-19-5-7-20(8-6-19)28(29,30)31)25(11-13-26(18,24)2)27(3)12-10-22(34)14-21(27)17-33/h5-8,21-25,32-34H,1,4,9-17H2,2-3H3/t21-,22+,23+,24+,25+,26-,27+/m1/s1. The Labute approximate surface area is 201 Å². The summed E-state index contributed by atoms with van der Waals surface area (Å²) in [4.78, 5) is 0. The van der Waals surface area contributed by atoms with Crippen molar-refractivity contribution in [1.29, 1.82) is 0 Å². The topological polar surface area (TPSA) is 52.5 Å². The predicted octanol–water partition coefficient (Wildman–Crippen LogP) is 5.95. The van der Waals surface area contributed by atoms with Crippen LogP contribution >= 0.6 is 0 Å². The van der Waals surface area contributed by atoms with Crippen molar-refractivity contribution in [3.63, 3.8) is 0 Å². The normalized spacial score (nSPS) is 38.7. The van der Waals surface area contributed by atoms with E-state index in [0.29, 0.717) is 30.7 Å². The first kappa shape index (κ1) is 25.7. The van der Waals surface area contributed by atoms with Gasteiger partial charge < -0.3 is 15.5 Å². The third-order valence-electron chi connectivity index (χ3n) is 9.95. The summed E-state index contributed by atoms with van der Waals surface area (Å²) in [6.07, 6.45) is 2.10. The Hall–Kier alpha value is -1.37. The van der Waals surface area contributed by atoms with Gasteiger partial charge in [-0.25, -0.2) is 0 Å². The summed E-state index contributed by atoms with van der Waals surface area (Å²) in [5, 5.41) is 24.1. The van der Waals surface area contributed by atoms with E-state index >= 15 is 0 Å². The van der Waals surface area contributed by atoms with Crippen LogP contribution in [0.2, 0.25) is 0 Å². The van der Waals surface area contributed by atoms with Crippen LogP contribution in [0.3, 0.4) is 0 Å². The Bertz CT molecular complexity index is 869. The SMILES string of the molecule is C=C1CC[C@H]2[C@H](CNCc3ccc(C(F)(F)F)cc3)[C@@H]([C@@]3(C)CC[C@H](O)C[C@@H]3CO)CC[C@]12C. The van der Waals surface area contributed by atoms with Crippen molar-refractivity contribution in [1.82, 2.24) is 5.32 Å². The molecule has 34 heavy (non-hydrogen) atoms. The van der Waals surface area contributed by atoms with E-state index in [4.69, 9.17) is 0 Å². The van der Waals surface area contributed by atoms with Crippen LogP contribution in [0.25, 0.3) is 0 Å². The third kappa shape index (κ3) is 4.70. The van der Waals surface area contributed by atoms with Crippen molar-refractivity contribution in [2.75, 3.05) is 13.2 Å². The van der Waals surface area contributed by atoms with Crippen LogP contribution in [0.1, 0.15) is 69.9 Å². The van der Waals surface area contributed by atoms with E-state index in [1.54, 1.807) is 12.1 Å². The predicted molar refractivity (Wildman–Crippen MR) is 128 cm³/mol. The fraction of sp³-hybridized carbons (Fsp3) is 0.714. The number of hydrogen-bond acceptors (Lipinski definition) is 3. The molecule has 3 N–H and O–H groups in total. The average molecular weight is 480 g/mol. The van der Waals surface area contributed by atoms with Crippen molar-refractivity contribution < 1.29 is 23.4 Å². The van der Waals surface area contributed by atoms with Crippen LogP contribution in [0.5, 0.6) is 0 Å². The lowest BCUT2D eigenvalue weighted by Crippen LogP contribution is -2.53. The molecule has 0 saturated heterocycles. The van der Waals surface area contributed by atoms with Crippen LogP contribution in [-0.2, 0) is 12.7 Å². The molecule has 3 fully saturated rings. The number of halogens is 3. The Morgan fingerprint density at radius 2 is 1.76 bits per heavy atom. The number of aliphatic hydroxyl groups excluding tert-OH is 2. The van der Waals surface area contributed by atoms with Gasteiger partial charge in [0.25, 0.3) is 0 Å². The lowest BCUT2D eigenvalue weighted by Gasteiger charge is -2.56. The second-order valence-electron chi connectivity index (χ2n) is 11.6. The van der Waals surface area contributed by atoms with Gasteiger partial charge in [0, 0.05) is 13.2 Å². The molecule has 0 spiro atoms. The zero-order valence-electron chi connectivity index (χ0n) is 20.5. The molecule has 0 unspecified atom stereocenters. The number of aliphatic hydroxyl groups is 2. The fourth-order valence-corrected chi connectivity index (χ4v) is 7.66. The molecule has 0 aromatic heterocycles. The molecule has 1 aromatic carbocycles. The number of allylic oxidation sites excluding steroid dienone is 1. The molecule has 3 nitrogen and oxygen atoms in total. The Balaban J connectivity index is 1.52. The second-order valence-corrected chi connectivity index (χ2v) is 11.6. The van der Waals surface area contributed by atoms with E-state index in [-0.39, 0.29) is 29.5 Å². The molecule has 3 saturated carbocycles. The monoisotopic (exact) mass is 479 g/mol. The van der Waals surface area contributed by atoms with Crippen molar-refractivity contribution >= 4 is 0 Å². The summed E-state index contributed by atoms with van der Waals surface area (Å²) >= 11 is 0. The van der Waals surface area contributed by atoms with Crippen LogP contribution < -0.4 is 5.32 Å². The van der Waals surface area contributed by atoms with Gasteiger partial charge >= 0.3 is 6.18 Å². The van der Waals surface area contributed by atoms with Gasteiger partial charge in [-0.3, -0.25) is 0 Å². The first-order valence-corrected chi connectivity index (χ1v) is 12.8. The third-order valence-corrected chi connectivity index (χ3v) is 9.95. The smallest absolute Gasteiger partial charge is 0.396 e. The van der Waals surface area contributed by atoms with Gasteiger partial charge in [-0.15, -0.1) is 0 Å². The Morgan fingerprint density at radius 1 is 1.06 bits per heavy atom. The van der Waals surface area contributed by atoms with Crippen molar-refractivity contribution in [2.45, 2.75) is 77.6 Å². The molecule has 3 aliphatic carbocycles. The minimum atomic E-state index is -4.32. The molecule has 0 bridgehead atoms. The molecule has 0 heterocycles. The minimum Gasteiger partial charge on any atom is -0.396 e. The zero-order chi connectivity index (χ0) is 24.7. The number of hydrogen-bond donors (Lipinski definition) is 3. The van der Waals surface area contributed by atoms with Crippen LogP contribution in [0, 0.1) is 34.5 Å². The molecule has 7 atom stereocenters. The van der Waals surface area contributed by atoms with E-state index in [1.165, 1.54) is 5.57 Å². The summed E-state index contributed by atoms with van der Waals surface area (Å²) in [6, 6.07) is 5.42. The van der Waals surface area contributed by atoms with Gasteiger partial charge in [0.1, 0.15) is 0 Å². The lowest BCUT2D eigenvalue weighted by atomic mass is 9.49. The van der Waals surface area contributed by atoms with Crippen LogP contribution in [-0.4, -0.2) is 29.5 Å². The minimum absolute atomic E-state index is 0.0278. The number of benzene rings is 1. The van der Waals surface area contributed by atoms with E-state index < -0.39 is 11.7 Å². The van der Waals surface area contributed by atoms with Gasteiger partial charge in [0.2, 0.25) is 0 Å². The van der Waals surface area contributed by atoms with Gasteiger partial charge in [0.05, 0.1) is 11.7 Å². The highest BCUT2D eigenvalue weighted by molar-refractivity contribution is 5.25. The number of nitrogens with one attached hydrogen (secondary N) is 1. The molecule has 3 aliphatic rings. The number of fused-ring (bicyclic) bond motifs is 1. The summed E-state index contributed by atoms with van der Waals surface area (Å²) in [6.45, 7) is 10.5. The van der Waals surface area contributed by atoms with Gasteiger partial charge in [-0.2, -0.15) is 13.2 Å². The van der Waals surface area contributed by atoms with Crippen molar-refractivity contribution in [3.8, 4) is 0 Å². The summed E-state index contributed by atoms with van der Waals surface area (Å²) in [7, 11) is 0. The van der Waals surface area contributed by atoms with E-state index in [0.717, 1.165) is 62.8 Å². The van der Waals surface area contributed by atoms with Crippen molar-refractivity contribution in [2.24, 2.45) is 34.5 Å². The van der Waals surface area contributed by atoms with E-state index in [1.807, 2.05) is 0 Å². The highest BCUT2D eigenvalue weighted by atomic mass is 19.4. The van der Waals surface area contributed by atoms with E-state index in [2.05, 4.69) is 25.7 Å². The molecular weight excluding hydrogens is 439 g/mol. The fourth-order valence-electron chi connectivity index (χ4n) is 7.66. The molecule has 1 aromatic rings. The van der Waals surface area contributed by atoms with E-state index in [9.17, 15) is 23.4 Å². The summed E-state index contributed by atoms with van der Waals surface area (Å²) in [5.41, 5.74) is 1.69. The molecule has 190 valence electrons. The van der Waals surface area contributed by atoms with Crippen LogP contribution in [0.4, 0.5) is 13.2 Å². The van der Waals surface area contributed by atoms with Gasteiger partial charge in [-0.05, 0) is 104 Å². The summed E-state index contributed by atoms with van der Waals surface area (Å²) < 4.78 is 38.7. The molecule has 0 amide bonds. The molecule has 0 radical (unpaired) electrons. The first-order chi connectivity index (χ1) is 16.0. The first-order valence-electron chi connectivity index (χ1n) is 12.8. The Morgan fingerprint density at radius 3 is 2.41 bits per heavy atom. The van der Waals surface area contributed by atoms with Gasteiger partial charge in [-0.1, -0.05) is 38.1 Å². The number of rotatable bonds is 6. The van der Waals surface area contributed by atoms with Gasteiger partial charge in [0.15, 0.2) is 0 Å². The van der Waals surface area contributed by atoms with Crippen LogP contribution in [0.15, 0.2) is 36.4 Å². The maximum absolute atomic E-state index is 12.9. The highest BCUT2D eigenvalue weighted by Crippen LogP contribution is 2.63. The van der Waals surface area contributed by atoms with Crippen molar-refractivity contribution in [3.05, 3.63) is 47.5 Å². The maximum Gasteiger partial charge on any atom is 0.416 e.